The van der Waals surface area contributed by atoms with Crippen molar-refractivity contribution < 1.29 is 24.3 Å². The van der Waals surface area contributed by atoms with Gasteiger partial charge in [-0.1, -0.05) is 18.2 Å². The largest absolute Gasteiger partial charge is 0.369 e. The number of urea groups is 1. The second kappa shape index (κ2) is 4.14. The van der Waals surface area contributed by atoms with E-state index in [4.69, 9.17) is 0 Å². The second-order valence-corrected chi connectivity index (χ2v) is 4.38. The molecule has 5 amide bonds. The average molecular weight is 275 g/mol. The van der Waals surface area contributed by atoms with Crippen molar-refractivity contribution in [3.8, 4) is 0 Å². The molecule has 0 bridgehead atoms. The van der Waals surface area contributed by atoms with E-state index in [1.54, 1.807) is 12.1 Å². The average Bonchev–Trinajstić information content (AvgIpc) is 2.64. The highest BCUT2D eigenvalue weighted by molar-refractivity contribution is 6.21. The number of barbiturate groups is 1. The highest BCUT2D eigenvalue weighted by Gasteiger charge is 2.48. The highest BCUT2D eigenvalue weighted by atomic mass is 16.3. The summed E-state index contributed by atoms with van der Waals surface area (Å²) in [6.45, 7) is 0. The van der Waals surface area contributed by atoms with Gasteiger partial charge in [-0.15, -0.1) is 0 Å². The summed E-state index contributed by atoms with van der Waals surface area (Å²) in [7, 11) is 0. The zero-order chi connectivity index (χ0) is 14.4. The summed E-state index contributed by atoms with van der Waals surface area (Å²) < 4.78 is 0. The molecular formula is C12H9N3O5. The van der Waals surface area contributed by atoms with Gasteiger partial charge in [0, 0.05) is 11.1 Å². The van der Waals surface area contributed by atoms with Crippen LogP contribution in [0, 0.1) is 0 Å². The third-order valence-corrected chi connectivity index (χ3v) is 3.22. The molecule has 2 aliphatic heterocycles. The van der Waals surface area contributed by atoms with Crippen LogP contribution in [0.3, 0.4) is 0 Å². The van der Waals surface area contributed by atoms with Gasteiger partial charge in [0.15, 0.2) is 12.3 Å². The van der Waals surface area contributed by atoms with Gasteiger partial charge in [-0.3, -0.25) is 29.9 Å². The van der Waals surface area contributed by atoms with Crippen LogP contribution in [0.4, 0.5) is 4.79 Å². The maximum Gasteiger partial charge on any atom is 0.328 e. The van der Waals surface area contributed by atoms with Gasteiger partial charge in [-0.05, 0) is 6.07 Å². The van der Waals surface area contributed by atoms with Crippen molar-refractivity contribution in [1.29, 1.82) is 0 Å². The molecule has 3 rings (SSSR count). The molecule has 1 unspecified atom stereocenters. The van der Waals surface area contributed by atoms with Crippen molar-refractivity contribution in [2.75, 3.05) is 0 Å². The van der Waals surface area contributed by atoms with E-state index >= 15 is 0 Å². The molecule has 1 aromatic rings. The van der Waals surface area contributed by atoms with E-state index in [0.29, 0.717) is 5.56 Å². The second-order valence-electron chi connectivity index (χ2n) is 4.38. The number of carbonyl (C=O) groups is 4. The molecule has 0 radical (unpaired) electrons. The Kier molecular flexibility index (Phi) is 2.54. The number of carbonyl (C=O) groups excluding carboxylic acids is 4. The fourth-order valence-corrected chi connectivity index (χ4v) is 2.34. The van der Waals surface area contributed by atoms with E-state index in [-0.39, 0.29) is 5.56 Å². The molecule has 0 spiro atoms. The van der Waals surface area contributed by atoms with Crippen LogP contribution in [-0.4, -0.2) is 39.8 Å². The van der Waals surface area contributed by atoms with Crippen LogP contribution in [0.2, 0.25) is 0 Å². The van der Waals surface area contributed by atoms with Crippen LogP contribution in [-0.2, 0) is 9.59 Å². The topological polar surface area (TPSA) is 116 Å². The molecule has 2 aliphatic rings. The Labute approximate surface area is 112 Å². The Morgan fingerprint density at radius 1 is 1.00 bits per heavy atom. The molecule has 1 atom stereocenters. The van der Waals surface area contributed by atoms with Gasteiger partial charge in [-0.2, -0.15) is 0 Å². The molecule has 8 heteroatoms. The lowest BCUT2D eigenvalue weighted by Gasteiger charge is -2.30. The van der Waals surface area contributed by atoms with Crippen LogP contribution >= 0.6 is 0 Å². The first kappa shape index (κ1) is 12.3. The van der Waals surface area contributed by atoms with Crippen molar-refractivity contribution in [1.82, 2.24) is 15.5 Å². The number of imide groups is 2. The minimum absolute atomic E-state index is 0.220. The number of nitrogens with zero attached hydrogens (tertiary/aromatic N) is 1. The zero-order valence-electron chi connectivity index (χ0n) is 9.99. The molecule has 3 N–H and O–H groups in total. The molecular weight excluding hydrogens is 266 g/mol. The Bertz CT molecular complexity index is 636. The van der Waals surface area contributed by atoms with Gasteiger partial charge in [0.2, 0.25) is 0 Å². The lowest BCUT2D eigenvalue weighted by molar-refractivity contribution is -0.141. The van der Waals surface area contributed by atoms with E-state index in [1.165, 1.54) is 12.1 Å². The lowest BCUT2D eigenvalue weighted by Crippen LogP contribution is -2.64. The summed E-state index contributed by atoms with van der Waals surface area (Å²) in [5.74, 6) is -2.53. The van der Waals surface area contributed by atoms with Crippen LogP contribution < -0.4 is 10.6 Å². The Hall–Kier alpha value is -2.74. The number of nitrogens with one attached hydrogen (secondary N) is 2. The quantitative estimate of drug-likeness (QED) is 0.561. The Morgan fingerprint density at radius 3 is 2.20 bits per heavy atom. The summed E-state index contributed by atoms with van der Waals surface area (Å²) in [5, 5.41) is 13.9. The SMILES string of the molecule is O=C1NC(=O)C(N2C(=O)c3ccccc3C2O)C(=O)N1. The third-order valence-electron chi connectivity index (χ3n) is 3.22. The Balaban J connectivity index is 2.00. The van der Waals surface area contributed by atoms with Gasteiger partial charge in [0.25, 0.3) is 17.7 Å². The monoisotopic (exact) mass is 275 g/mol. The molecule has 102 valence electrons. The highest BCUT2D eigenvalue weighted by Crippen LogP contribution is 2.33. The number of amides is 5. The summed E-state index contributed by atoms with van der Waals surface area (Å²) in [6, 6.07) is 3.73. The summed E-state index contributed by atoms with van der Waals surface area (Å²) >= 11 is 0. The number of rotatable bonds is 1. The molecule has 0 aromatic heterocycles. The molecule has 2 heterocycles. The van der Waals surface area contributed by atoms with Crippen molar-refractivity contribution >= 4 is 23.8 Å². The van der Waals surface area contributed by atoms with Crippen molar-refractivity contribution in [3.05, 3.63) is 35.4 Å². The normalized spacial score (nSPS) is 22.6. The van der Waals surface area contributed by atoms with E-state index in [0.717, 1.165) is 4.90 Å². The van der Waals surface area contributed by atoms with Crippen LogP contribution in [0.25, 0.3) is 0 Å². The number of benzene rings is 1. The van der Waals surface area contributed by atoms with Gasteiger partial charge in [0.05, 0.1) is 0 Å². The molecule has 0 aliphatic carbocycles. The summed E-state index contributed by atoms with van der Waals surface area (Å²) in [6.07, 6.45) is -1.41. The molecule has 1 aromatic carbocycles. The maximum absolute atomic E-state index is 12.2. The maximum atomic E-state index is 12.2. The fourth-order valence-electron chi connectivity index (χ4n) is 2.34. The minimum Gasteiger partial charge on any atom is -0.369 e. The van der Waals surface area contributed by atoms with E-state index < -0.39 is 36.0 Å². The van der Waals surface area contributed by atoms with Gasteiger partial charge in [0.1, 0.15) is 0 Å². The fraction of sp³-hybridized carbons (Fsp3) is 0.167. The van der Waals surface area contributed by atoms with Gasteiger partial charge in [-0.25, -0.2) is 4.79 Å². The van der Waals surface area contributed by atoms with Crippen LogP contribution in [0.5, 0.6) is 0 Å². The zero-order valence-corrected chi connectivity index (χ0v) is 9.99. The summed E-state index contributed by atoms with van der Waals surface area (Å²) in [4.78, 5) is 47.4. The first-order valence-electron chi connectivity index (χ1n) is 5.76. The van der Waals surface area contributed by atoms with Crippen molar-refractivity contribution in [2.45, 2.75) is 12.3 Å². The third kappa shape index (κ3) is 1.58. The molecule has 8 nitrogen and oxygen atoms in total. The van der Waals surface area contributed by atoms with E-state index in [2.05, 4.69) is 0 Å². The molecule has 1 fully saturated rings. The lowest BCUT2D eigenvalue weighted by atomic mass is 10.1. The Morgan fingerprint density at radius 2 is 1.60 bits per heavy atom. The van der Waals surface area contributed by atoms with Crippen molar-refractivity contribution in [2.24, 2.45) is 0 Å². The first-order valence-corrected chi connectivity index (χ1v) is 5.76. The standard InChI is InChI=1S/C12H9N3O5/c16-8-7(9(17)14-12(20)13-8)15-10(18)5-3-1-2-4-6(5)11(15)19/h1-4,7,10,18H,(H2,13,14,16,17,20). The smallest absolute Gasteiger partial charge is 0.328 e. The minimum atomic E-state index is -1.58. The van der Waals surface area contributed by atoms with Crippen molar-refractivity contribution in [3.63, 3.8) is 0 Å². The van der Waals surface area contributed by atoms with E-state index in [1.807, 2.05) is 10.6 Å². The number of hydrogen-bond donors (Lipinski definition) is 3. The molecule has 20 heavy (non-hydrogen) atoms. The summed E-state index contributed by atoms with van der Waals surface area (Å²) in [5.41, 5.74) is 0.535. The number of hydrogen-bond acceptors (Lipinski definition) is 5. The number of aliphatic hydroxyl groups is 1. The van der Waals surface area contributed by atoms with E-state index in [9.17, 15) is 24.3 Å². The van der Waals surface area contributed by atoms with Crippen LogP contribution in [0.15, 0.2) is 24.3 Å². The van der Waals surface area contributed by atoms with Crippen LogP contribution in [0.1, 0.15) is 22.1 Å². The molecule has 1 saturated heterocycles. The predicted molar refractivity (Wildman–Crippen MR) is 63.0 cm³/mol. The number of fused-ring (bicyclic) bond motifs is 1. The molecule has 0 saturated carbocycles. The van der Waals surface area contributed by atoms with Gasteiger partial charge >= 0.3 is 6.03 Å². The van der Waals surface area contributed by atoms with Gasteiger partial charge < -0.3 is 5.11 Å². The predicted octanol–water partition coefficient (Wildman–Crippen LogP) is -1.13. The number of aliphatic hydroxyl groups excluding tert-OH is 1. The first-order chi connectivity index (χ1) is 9.50.